The lowest BCUT2D eigenvalue weighted by Crippen LogP contribution is -2.47. The molecule has 7 rings (SSSR count). The highest BCUT2D eigenvalue weighted by molar-refractivity contribution is 6.44. The van der Waals surface area contributed by atoms with E-state index in [0.29, 0.717) is 6.42 Å². The lowest BCUT2D eigenvalue weighted by Gasteiger charge is -2.45. The summed E-state index contributed by atoms with van der Waals surface area (Å²) in [6.07, 6.45) is 1.61. The van der Waals surface area contributed by atoms with Crippen LogP contribution in [0.2, 0.25) is 10.0 Å². The van der Waals surface area contributed by atoms with Crippen molar-refractivity contribution >= 4 is 52.6 Å². The monoisotopic (exact) mass is 590 g/mol. The molecule has 210 valence electrons. The normalized spacial score (nSPS) is 22.6. The van der Waals surface area contributed by atoms with Gasteiger partial charge in [-0.1, -0.05) is 97.6 Å². The summed E-state index contributed by atoms with van der Waals surface area (Å²) in [4.78, 5) is 55.4. The third-order valence-corrected chi connectivity index (χ3v) is 9.29. The highest BCUT2D eigenvalue weighted by atomic mass is 35.5. The van der Waals surface area contributed by atoms with Crippen molar-refractivity contribution in [3.05, 3.63) is 99.0 Å². The molecule has 1 aliphatic heterocycles. The number of likely N-dealkylation sites (tertiary alicyclic amines) is 1. The number of ether oxygens (including phenoxy) is 1. The summed E-state index contributed by atoms with van der Waals surface area (Å²) in [5.41, 5.74) is 4.52. The van der Waals surface area contributed by atoms with Gasteiger partial charge in [0.15, 0.2) is 6.61 Å². The van der Waals surface area contributed by atoms with Crippen LogP contribution < -0.4 is 5.32 Å². The topological polar surface area (TPSA) is 92.8 Å². The molecule has 4 aliphatic rings. The van der Waals surface area contributed by atoms with E-state index in [4.69, 9.17) is 27.9 Å². The molecule has 41 heavy (non-hydrogen) atoms. The molecule has 9 heteroatoms. The maximum absolute atomic E-state index is 14.1. The first kappa shape index (κ1) is 27.5. The molecule has 0 saturated carbocycles. The standard InChI is InChI=1S/C32H28Cl2N2O5/c1-2-3-15-23(32(40)41-16-24(37)35-22-14-8-13-21(33)29(22)34)36-30(38)27-25-17-9-4-5-10-18(17)26(28(27)31(36)39)20-12-7-6-11-19(20)25/h4-14,23,25-28H,2-3,15-16H2,1H3,(H,35,37)/t23-,25?,26?,27-,28+/m0/s1. The van der Waals surface area contributed by atoms with Gasteiger partial charge in [0, 0.05) is 11.8 Å². The fourth-order valence-corrected chi connectivity index (χ4v) is 7.12. The predicted octanol–water partition coefficient (Wildman–Crippen LogP) is 5.93. The molecule has 0 spiro atoms. The van der Waals surface area contributed by atoms with E-state index in [9.17, 15) is 19.2 Å². The number of carbonyl (C=O) groups is 4. The Morgan fingerprint density at radius 3 is 1.90 bits per heavy atom. The number of rotatable bonds is 8. The Kier molecular flexibility index (Phi) is 7.34. The Labute approximate surface area is 247 Å². The first-order chi connectivity index (χ1) is 19.8. The first-order valence-corrected chi connectivity index (χ1v) is 14.5. The fraction of sp³-hybridized carbons (Fsp3) is 0.312. The highest BCUT2D eigenvalue weighted by Crippen LogP contribution is 2.61. The number of unbranched alkanes of at least 4 members (excludes halogenated alkanes) is 1. The quantitative estimate of drug-likeness (QED) is 0.259. The van der Waals surface area contributed by atoms with E-state index in [-0.39, 0.29) is 45.8 Å². The number of imide groups is 1. The van der Waals surface area contributed by atoms with Crippen LogP contribution in [-0.2, 0) is 23.9 Å². The maximum atomic E-state index is 14.1. The zero-order chi connectivity index (χ0) is 28.8. The summed E-state index contributed by atoms with van der Waals surface area (Å²) in [5, 5.41) is 3.02. The van der Waals surface area contributed by atoms with Crippen LogP contribution in [-0.4, -0.2) is 41.2 Å². The first-order valence-electron chi connectivity index (χ1n) is 13.8. The number of anilines is 1. The molecule has 1 heterocycles. The van der Waals surface area contributed by atoms with Crippen LogP contribution in [0.3, 0.4) is 0 Å². The van der Waals surface area contributed by atoms with Crippen molar-refractivity contribution in [2.24, 2.45) is 11.8 Å². The third-order valence-electron chi connectivity index (χ3n) is 8.47. The molecule has 0 unspecified atom stereocenters. The van der Waals surface area contributed by atoms with Crippen molar-refractivity contribution in [1.29, 1.82) is 0 Å². The van der Waals surface area contributed by atoms with Crippen LogP contribution in [0.5, 0.6) is 0 Å². The second-order valence-electron chi connectivity index (χ2n) is 10.7. The SMILES string of the molecule is CCCC[C@@H](C(=O)OCC(=O)Nc1cccc(Cl)c1Cl)N1C(=O)[C@@H]2C3c4ccccc4C(c4ccccc43)[C@@H]2C1=O. The Morgan fingerprint density at radius 2 is 1.39 bits per heavy atom. The second kappa shape index (κ2) is 11.0. The van der Waals surface area contributed by atoms with E-state index in [2.05, 4.69) is 5.32 Å². The number of hydrogen-bond acceptors (Lipinski definition) is 5. The number of hydrogen-bond donors (Lipinski definition) is 1. The minimum absolute atomic E-state index is 0.169. The summed E-state index contributed by atoms with van der Waals surface area (Å²) >= 11 is 12.2. The average molecular weight is 591 g/mol. The number of benzene rings is 3. The molecule has 1 fully saturated rings. The second-order valence-corrected chi connectivity index (χ2v) is 11.5. The van der Waals surface area contributed by atoms with Crippen molar-refractivity contribution in [3.8, 4) is 0 Å². The summed E-state index contributed by atoms with van der Waals surface area (Å²) < 4.78 is 5.39. The average Bonchev–Trinajstić information content (AvgIpc) is 3.24. The molecule has 0 radical (unpaired) electrons. The van der Waals surface area contributed by atoms with Crippen LogP contribution in [0, 0.1) is 11.8 Å². The van der Waals surface area contributed by atoms with E-state index in [1.165, 1.54) is 0 Å². The van der Waals surface area contributed by atoms with Gasteiger partial charge in [0.1, 0.15) is 6.04 Å². The molecule has 2 bridgehead atoms. The zero-order valence-electron chi connectivity index (χ0n) is 22.3. The van der Waals surface area contributed by atoms with Gasteiger partial charge >= 0.3 is 5.97 Å². The lowest BCUT2D eigenvalue weighted by molar-refractivity contribution is -0.160. The molecular formula is C32H28Cl2N2O5. The number of amides is 3. The summed E-state index contributed by atoms with van der Waals surface area (Å²) in [5.74, 6) is -3.84. The third kappa shape index (κ3) is 4.52. The molecule has 3 aromatic carbocycles. The number of halogens is 2. The van der Waals surface area contributed by atoms with Gasteiger partial charge in [-0.3, -0.25) is 19.3 Å². The molecule has 3 amide bonds. The Bertz CT molecular complexity index is 1460. The van der Waals surface area contributed by atoms with Gasteiger partial charge in [-0.2, -0.15) is 0 Å². The van der Waals surface area contributed by atoms with Crippen LogP contribution in [0.1, 0.15) is 60.3 Å². The predicted molar refractivity (Wildman–Crippen MR) is 155 cm³/mol. The van der Waals surface area contributed by atoms with E-state index < -0.39 is 36.4 Å². The minimum Gasteiger partial charge on any atom is -0.454 e. The largest absolute Gasteiger partial charge is 0.454 e. The molecule has 3 atom stereocenters. The van der Waals surface area contributed by atoms with E-state index >= 15 is 0 Å². The molecule has 1 saturated heterocycles. The Balaban J connectivity index is 1.26. The van der Waals surface area contributed by atoms with Crippen molar-refractivity contribution < 1.29 is 23.9 Å². The van der Waals surface area contributed by atoms with Crippen molar-refractivity contribution in [2.45, 2.75) is 44.1 Å². The van der Waals surface area contributed by atoms with Crippen molar-refractivity contribution in [1.82, 2.24) is 4.90 Å². The molecule has 1 N–H and O–H groups in total. The minimum atomic E-state index is -1.12. The highest BCUT2D eigenvalue weighted by Gasteiger charge is 2.63. The molecule has 3 aromatic rings. The fourth-order valence-electron chi connectivity index (χ4n) is 6.78. The van der Waals surface area contributed by atoms with Gasteiger partial charge in [-0.25, -0.2) is 4.79 Å². The van der Waals surface area contributed by atoms with Gasteiger partial charge in [-0.05, 0) is 40.8 Å². The Morgan fingerprint density at radius 1 is 0.854 bits per heavy atom. The van der Waals surface area contributed by atoms with Gasteiger partial charge in [0.05, 0.1) is 27.6 Å². The van der Waals surface area contributed by atoms with Crippen LogP contribution >= 0.6 is 23.2 Å². The van der Waals surface area contributed by atoms with Crippen molar-refractivity contribution in [2.75, 3.05) is 11.9 Å². The zero-order valence-corrected chi connectivity index (χ0v) is 23.8. The molecule has 3 aliphatic carbocycles. The van der Waals surface area contributed by atoms with E-state index in [1.54, 1.807) is 18.2 Å². The van der Waals surface area contributed by atoms with E-state index in [1.807, 2.05) is 55.5 Å². The van der Waals surface area contributed by atoms with Gasteiger partial charge in [0.25, 0.3) is 5.91 Å². The molecule has 0 aromatic heterocycles. The number of carbonyl (C=O) groups excluding carboxylic acids is 4. The van der Waals surface area contributed by atoms with Gasteiger partial charge < -0.3 is 10.1 Å². The van der Waals surface area contributed by atoms with Gasteiger partial charge in [0.2, 0.25) is 11.8 Å². The number of nitrogens with one attached hydrogen (secondary N) is 1. The molecular weight excluding hydrogens is 563 g/mol. The summed E-state index contributed by atoms with van der Waals surface area (Å²) in [6, 6.07) is 19.6. The molecule has 7 nitrogen and oxygen atoms in total. The van der Waals surface area contributed by atoms with Gasteiger partial charge in [-0.15, -0.1) is 0 Å². The number of nitrogens with zero attached hydrogens (tertiary/aromatic N) is 1. The van der Waals surface area contributed by atoms with Crippen LogP contribution in [0.15, 0.2) is 66.7 Å². The van der Waals surface area contributed by atoms with Crippen LogP contribution in [0.25, 0.3) is 0 Å². The summed E-state index contributed by atoms with van der Waals surface area (Å²) in [7, 11) is 0. The summed E-state index contributed by atoms with van der Waals surface area (Å²) in [6.45, 7) is 1.36. The van der Waals surface area contributed by atoms with E-state index in [0.717, 1.165) is 33.6 Å². The lowest BCUT2D eigenvalue weighted by atomic mass is 9.55. The smallest absolute Gasteiger partial charge is 0.329 e. The van der Waals surface area contributed by atoms with Crippen molar-refractivity contribution in [3.63, 3.8) is 0 Å². The maximum Gasteiger partial charge on any atom is 0.329 e. The number of esters is 1. The Hall–Kier alpha value is -3.68. The van der Waals surface area contributed by atoms with Crippen LogP contribution in [0.4, 0.5) is 5.69 Å².